The van der Waals surface area contributed by atoms with E-state index in [0.717, 1.165) is 17.7 Å². The van der Waals surface area contributed by atoms with Gasteiger partial charge in [-0.2, -0.15) is 0 Å². The topological polar surface area (TPSA) is 18.5 Å². The Morgan fingerprint density at radius 3 is 1.92 bits per heavy atom. The van der Waals surface area contributed by atoms with Crippen LogP contribution in [0.25, 0.3) is 0 Å². The van der Waals surface area contributed by atoms with E-state index in [2.05, 4.69) is 9.24 Å². The fourth-order valence-corrected chi connectivity index (χ4v) is 1.22. The first-order valence-electron chi connectivity index (χ1n) is 3.72. The van der Waals surface area contributed by atoms with Crippen molar-refractivity contribution in [1.82, 2.24) is 0 Å². The fourth-order valence-electron chi connectivity index (χ4n) is 0.984. The van der Waals surface area contributed by atoms with Gasteiger partial charge >= 0.3 is 0 Å². The van der Waals surface area contributed by atoms with Crippen LogP contribution in [0, 0.1) is 0 Å². The maximum Gasteiger partial charge on any atom is 0.122 e. The van der Waals surface area contributed by atoms with Crippen LogP contribution in [0.3, 0.4) is 0 Å². The van der Waals surface area contributed by atoms with Crippen LogP contribution in [0.1, 0.15) is 5.56 Å². The molecule has 0 saturated heterocycles. The second kappa shape index (κ2) is 4.32. The van der Waals surface area contributed by atoms with Gasteiger partial charge < -0.3 is 9.47 Å². The van der Waals surface area contributed by atoms with Gasteiger partial charge in [-0.25, -0.2) is 0 Å². The number of benzene rings is 1. The van der Waals surface area contributed by atoms with Crippen molar-refractivity contribution in [3.05, 3.63) is 23.8 Å². The molecule has 0 radical (unpaired) electrons. The highest BCUT2D eigenvalue weighted by atomic mass is 31.0. The lowest BCUT2D eigenvalue weighted by Gasteiger charge is -2.06. The lowest BCUT2D eigenvalue weighted by atomic mass is 10.2. The minimum absolute atomic E-state index is 0.840. The summed E-state index contributed by atoms with van der Waals surface area (Å²) in [6, 6.07) is 5.86. The Labute approximate surface area is 75.1 Å². The van der Waals surface area contributed by atoms with Crippen molar-refractivity contribution in [2.45, 2.75) is 6.16 Å². The van der Waals surface area contributed by atoms with Crippen molar-refractivity contribution in [3.63, 3.8) is 0 Å². The van der Waals surface area contributed by atoms with Gasteiger partial charge in [-0.1, -0.05) is 0 Å². The molecule has 0 aliphatic rings. The van der Waals surface area contributed by atoms with E-state index in [0.29, 0.717) is 0 Å². The van der Waals surface area contributed by atoms with Crippen LogP contribution in [0.2, 0.25) is 0 Å². The molecule has 1 rings (SSSR count). The van der Waals surface area contributed by atoms with Crippen LogP contribution in [-0.2, 0) is 6.16 Å². The second-order valence-electron chi connectivity index (χ2n) is 2.43. The van der Waals surface area contributed by atoms with Crippen LogP contribution in [-0.4, -0.2) is 14.2 Å². The molecular formula is C9H13O2P. The Morgan fingerprint density at radius 1 is 1.08 bits per heavy atom. The van der Waals surface area contributed by atoms with Gasteiger partial charge in [0.1, 0.15) is 11.5 Å². The van der Waals surface area contributed by atoms with Crippen molar-refractivity contribution >= 4 is 9.24 Å². The Morgan fingerprint density at radius 2 is 1.58 bits per heavy atom. The van der Waals surface area contributed by atoms with Gasteiger partial charge in [-0.3, -0.25) is 0 Å². The van der Waals surface area contributed by atoms with E-state index in [1.165, 1.54) is 5.56 Å². The van der Waals surface area contributed by atoms with Gasteiger partial charge in [0.15, 0.2) is 0 Å². The van der Waals surface area contributed by atoms with E-state index >= 15 is 0 Å². The van der Waals surface area contributed by atoms with Crippen LogP contribution >= 0.6 is 9.24 Å². The van der Waals surface area contributed by atoms with Gasteiger partial charge in [-0.15, -0.1) is 9.24 Å². The summed E-state index contributed by atoms with van der Waals surface area (Å²) < 4.78 is 10.2. The number of hydrogen-bond donors (Lipinski definition) is 0. The zero-order chi connectivity index (χ0) is 8.97. The number of methoxy groups -OCH3 is 2. The molecule has 1 aromatic rings. The van der Waals surface area contributed by atoms with E-state index in [4.69, 9.17) is 9.47 Å². The molecule has 12 heavy (non-hydrogen) atoms. The molecular weight excluding hydrogens is 171 g/mol. The summed E-state index contributed by atoms with van der Waals surface area (Å²) >= 11 is 0. The highest BCUT2D eigenvalue weighted by Crippen LogP contribution is 2.23. The third-order valence-electron chi connectivity index (χ3n) is 1.65. The normalized spacial score (nSPS) is 9.58. The van der Waals surface area contributed by atoms with Gasteiger partial charge in [-0.05, 0) is 23.9 Å². The van der Waals surface area contributed by atoms with Crippen molar-refractivity contribution in [3.8, 4) is 11.5 Å². The Balaban J connectivity index is 3.01. The fraction of sp³-hybridized carbons (Fsp3) is 0.333. The highest BCUT2D eigenvalue weighted by molar-refractivity contribution is 7.15. The summed E-state index contributed by atoms with van der Waals surface area (Å²) in [5.41, 5.74) is 1.19. The third-order valence-corrected chi connectivity index (χ3v) is 2.12. The van der Waals surface area contributed by atoms with E-state index in [9.17, 15) is 0 Å². The highest BCUT2D eigenvalue weighted by Gasteiger charge is 1.98. The Bertz CT molecular complexity index is 205. The van der Waals surface area contributed by atoms with Crippen molar-refractivity contribution < 1.29 is 9.47 Å². The molecule has 0 fully saturated rings. The SMILES string of the molecule is COc1cc(CP)cc(OC)c1. The smallest absolute Gasteiger partial charge is 0.122 e. The zero-order valence-electron chi connectivity index (χ0n) is 7.33. The first-order valence-corrected chi connectivity index (χ1v) is 4.54. The molecule has 0 N–H and O–H groups in total. The lowest BCUT2D eigenvalue weighted by molar-refractivity contribution is 0.393. The van der Waals surface area contributed by atoms with Crippen LogP contribution in [0.15, 0.2) is 18.2 Å². The summed E-state index contributed by atoms with van der Waals surface area (Å²) in [5.74, 6) is 1.68. The summed E-state index contributed by atoms with van der Waals surface area (Å²) in [4.78, 5) is 0. The molecule has 1 unspecified atom stereocenters. The van der Waals surface area contributed by atoms with E-state index in [1.54, 1.807) is 14.2 Å². The maximum absolute atomic E-state index is 5.11. The summed E-state index contributed by atoms with van der Waals surface area (Å²) in [5, 5.41) is 0. The monoisotopic (exact) mass is 184 g/mol. The molecule has 3 heteroatoms. The number of ether oxygens (including phenoxy) is 2. The minimum Gasteiger partial charge on any atom is -0.497 e. The van der Waals surface area contributed by atoms with Crippen molar-refractivity contribution in [2.75, 3.05) is 14.2 Å². The second-order valence-corrected chi connectivity index (χ2v) is 2.83. The largest absolute Gasteiger partial charge is 0.497 e. The summed E-state index contributed by atoms with van der Waals surface area (Å²) in [6.45, 7) is 0. The minimum atomic E-state index is 0.840. The first-order chi connectivity index (χ1) is 5.80. The zero-order valence-corrected chi connectivity index (χ0v) is 8.49. The molecule has 0 aromatic heterocycles. The van der Waals surface area contributed by atoms with Gasteiger partial charge in [0.05, 0.1) is 14.2 Å². The van der Waals surface area contributed by atoms with Crippen LogP contribution in [0.4, 0.5) is 0 Å². The standard InChI is InChI=1S/C9H13O2P/c1-10-8-3-7(6-12)4-9(5-8)11-2/h3-5H,6,12H2,1-2H3. The molecule has 0 heterocycles. The van der Waals surface area contributed by atoms with Gasteiger partial charge in [0, 0.05) is 6.07 Å². The van der Waals surface area contributed by atoms with Gasteiger partial charge in [0.25, 0.3) is 0 Å². The van der Waals surface area contributed by atoms with Gasteiger partial charge in [0.2, 0.25) is 0 Å². The molecule has 0 saturated carbocycles. The molecule has 66 valence electrons. The van der Waals surface area contributed by atoms with E-state index in [1.807, 2.05) is 18.2 Å². The molecule has 0 aliphatic heterocycles. The Kier molecular flexibility index (Phi) is 3.36. The van der Waals surface area contributed by atoms with Crippen LogP contribution < -0.4 is 9.47 Å². The molecule has 0 spiro atoms. The predicted molar refractivity (Wildman–Crippen MR) is 53.0 cm³/mol. The maximum atomic E-state index is 5.11. The number of rotatable bonds is 3. The molecule has 0 bridgehead atoms. The molecule has 0 amide bonds. The van der Waals surface area contributed by atoms with Crippen molar-refractivity contribution in [1.29, 1.82) is 0 Å². The molecule has 1 aromatic carbocycles. The van der Waals surface area contributed by atoms with E-state index in [-0.39, 0.29) is 0 Å². The first kappa shape index (κ1) is 9.34. The molecule has 2 nitrogen and oxygen atoms in total. The molecule has 0 aliphatic carbocycles. The van der Waals surface area contributed by atoms with Crippen LogP contribution in [0.5, 0.6) is 11.5 Å². The summed E-state index contributed by atoms with van der Waals surface area (Å²) in [6.07, 6.45) is 0.910. The third kappa shape index (κ3) is 2.12. The quantitative estimate of drug-likeness (QED) is 0.669. The van der Waals surface area contributed by atoms with Crippen molar-refractivity contribution in [2.24, 2.45) is 0 Å². The average Bonchev–Trinajstić information content (AvgIpc) is 2.16. The number of hydrogen-bond acceptors (Lipinski definition) is 2. The lowest BCUT2D eigenvalue weighted by Crippen LogP contribution is -1.89. The summed E-state index contributed by atoms with van der Waals surface area (Å²) in [7, 11) is 5.98. The van der Waals surface area contributed by atoms with E-state index < -0.39 is 0 Å². The predicted octanol–water partition coefficient (Wildman–Crippen LogP) is 2.08. The Hall–Kier alpha value is -0.750. The average molecular weight is 184 g/mol. The molecule has 1 atom stereocenters.